The van der Waals surface area contributed by atoms with Crippen LogP contribution in [0.4, 0.5) is 10.1 Å². The van der Waals surface area contributed by atoms with E-state index in [1.165, 1.54) is 6.07 Å². The summed E-state index contributed by atoms with van der Waals surface area (Å²) in [5.41, 5.74) is 2.61. The van der Waals surface area contributed by atoms with Gasteiger partial charge in [-0.3, -0.25) is 4.79 Å². The van der Waals surface area contributed by atoms with Crippen LogP contribution in [0.2, 0.25) is 0 Å². The van der Waals surface area contributed by atoms with Crippen LogP contribution in [0, 0.1) is 5.82 Å². The van der Waals surface area contributed by atoms with E-state index in [2.05, 4.69) is 10.3 Å². The van der Waals surface area contributed by atoms with Crippen molar-refractivity contribution in [2.24, 2.45) is 0 Å². The number of amides is 1. The van der Waals surface area contributed by atoms with Crippen LogP contribution in [-0.4, -0.2) is 59.1 Å². The maximum atomic E-state index is 14.1. The van der Waals surface area contributed by atoms with E-state index >= 15 is 0 Å². The average Bonchev–Trinajstić information content (AvgIpc) is 3.27. The van der Waals surface area contributed by atoms with Crippen LogP contribution < -0.4 is 9.64 Å². The normalized spacial score (nSPS) is 18.4. The molecule has 1 fully saturated rings. The number of rotatable bonds is 4. The monoisotopic (exact) mass is 437 g/mol. The van der Waals surface area contributed by atoms with Gasteiger partial charge in [-0.25, -0.2) is 9.07 Å². The number of nitrogens with zero attached hydrogens (tertiary/aromatic N) is 5. The molecule has 3 heterocycles. The Balaban J connectivity index is 1.25. The molecule has 0 saturated carbocycles. The van der Waals surface area contributed by atoms with Gasteiger partial charge in [-0.2, -0.15) is 0 Å². The number of methoxy groups -OCH3 is 1. The largest absolute Gasteiger partial charge is 0.497 e. The van der Waals surface area contributed by atoms with Crippen molar-refractivity contribution in [3.63, 3.8) is 0 Å². The Morgan fingerprint density at radius 2 is 1.84 bits per heavy atom. The van der Waals surface area contributed by atoms with Crippen molar-refractivity contribution < 1.29 is 18.7 Å². The summed E-state index contributed by atoms with van der Waals surface area (Å²) in [6.07, 6.45) is -0.164. The van der Waals surface area contributed by atoms with Gasteiger partial charge in [-0.15, -0.1) is 5.10 Å². The molecule has 1 saturated heterocycles. The maximum Gasteiger partial charge on any atom is 0.276 e. The Hall–Kier alpha value is -3.46. The fraction of sp³-hybridized carbons (Fsp3) is 0.348. The van der Waals surface area contributed by atoms with Crippen LogP contribution in [-0.2, 0) is 17.9 Å². The van der Waals surface area contributed by atoms with Gasteiger partial charge in [0.1, 0.15) is 17.7 Å². The van der Waals surface area contributed by atoms with Crippen molar-refractivity contribution in [1.82, 2.24) is 19.9 Å². The van der Waals surface area contributed by atoms with Crippen molar-refractivity contribution in [2.45, 2.75) is 19.3 Å². The van der Waals surface area contributed by atoms with Gasteiger partial charge in [-0.1, -0.05) is 29.5 Å². The molecule has 5 rings (SSSR count). The summed E-state index contributed by atoms with van der Waals surface area (Å²) in [5, 5.41) is 8.38. The van der Waals surface area contributed by atoms with Crippen LogP contribution in [0.5, 0.6) is 5.75 Å². The minimum Gasteiger partial charge on any atom is -0.497 e. The summed E-state index contributed by atoms with van der Waals surface area (Å²) < 4.78 is 27.1. The van der Waals surface area contributed by atoms with Crippen molar-refractivity contribution in [2.75, 3.05) is 38.2 Å². The molecule has 1 amide bonds. The zero-order valence-electron chi connectivity index (χ0n) is 17.8. The second kappa shape index (κ2) is 8.58. The Morgan fingerprint density at radius 1 is 1.09 bits per heavy atom. The number of halogens is 1. The second-order valence-corrected chi connectivity index (χ2v) is 7.87. The average molecular weight is 437 g/mol. The quantitative estimate of drug-likeness (QED) is 0.625. The first-order chi connectivity index (χ1) is 15.6. The fourth-order valence-electron chi connectivity index (χ4n) is 4.21. The predicted molar refractivity (Wildman–Crippen MR) is 115 cm³/mol. The summed E-state index contributed by atoms with van der Waals surface area (Å²) in [6, 6.07) is 14.4. The number of piperazine rings is 1. The molecule has 9 heteroatoms. The molecule has 0 aliphatic carbocycles. The molecule has 2 aromatic carbocycles. The van der Waals surface area contributed by atoms with E-state index in [-0.39, 0.29) is 24.4 Å². The van der Waals surface area contributed by atoms with Crippen molar-refractivity contribution in [1.29, 1.82) is 0 Å². The lowest BCUT2D eigenvalue weighted by Gasteiger charge is -2.36. The minimum atomic E-state index is -0.247. The molecule has 0 spiro atoms. The molecular weight excluding hydrogens is 413 g/mol. The summed E-state index contributed by atoms with van der Waals surface area (Å²) in [7, 11) is 1.63. The third-order valence-corrected chi connectivity index (χ3v) is 6.05. The zero-order chi connectivity index (χ0) is 22.1. The summed E-state index contributed by atoms with van der Waals surface area (Å²) in [4.78, 5) is 16.8. The van der Waals surface area contributed by atoms with Crippen LogP contribution in [0.25, 0.3) is 0 Å². The van der Waals surface area contributed by atoms with Crippen molar-refractivity contribution in [3.8, 4) is 5.75 Å². The molecule has 0 unspecified atom stereocenters. The number of carbonyl (C=O) groups is 1. The molecular formula is C23H24FN5O3. The number of hydrogen-bond acceptors (Lipinski definition) is 6. The van der Waals surface area contributed by atoms with E-state index in [9.17, 15) is 9.18 Å². The molecule has 1 aromatic heterocycles. The number of ether oxygens (including phenoxy) is 2. The standard InChI is InChI=1S/C23H24FN5O3/c1-31-17-8-6-16(7-9-17)21-14-29-20(15-32-21)22(25-26-29)23(30)28-12-10-27(11-13-28)19-5-3-2-4-18(19)24/h2-9,21H,10-15H2,1H3/t21-/m1/s1. The van der Waals surface area contributed by atoms with Gasteiger partial charge in [0.25, 0.3) is 5.91 Å². The lowest BCUT2D eigenvalue weighted by atomic mass is 10.1. The smallest absolute Gasteiger partial charge is 0.276 e. The Bertz CT molecular complexity index is 1110. The Labute approximate surface area is 185 Å². The first kappa shape index (κ1) is 20.4. The Morgan fingerprint density at radius 3 is 2.56 bits per heavy atom. The van der Waals surface area contributed by atoms with Crippen molar-refractivity contribution in [3.05, 3.63) is 71.3 Å². The van der Waals surface area contributed by atoms with Gasteiger partial charge in [0.05, 0.1) is 31.6 Å². The summed E-state index contributed by atoms with van der Waals surface area (Å²) in [5.74, 6) is 0.378. The highest BCUT2D eigenvalue weighted by molar-refractivity contribution is 5.93. The third-order valence-electron chi connectivity index (χ3n) is 6.05. The van der Waals surface area contributed by atoms with E-state index in [0.717, 1.165) is 11.3 Å². The minimum absolute atomic E-state index is 0.161. The van der Waals surface area contributed by atoms with Gasteiger partial charge >= 0.3 is 0 Å². The van der Waals surface area contributed by atoms with Crippen LogP contribution in [0.15, 0.2) is 48.5 Å². The third kappa shape index (κ3) is 3.80. The van der Waals surface area contributed by atoms with Crippen molar-refractivity contribution >= 4 is 11.6 Å². The van der Waals surface area contributed by atoms with Gasteiger partial charge in [-0.05, 0) is 29.8 Å². The number of para-hydroxylation sites is 1. The van der Waals surface area contributed by atoms with E-state index in [1.807, 2.05) is 35.2 Å². The topological polar surface area (TPSA) is 72.7 Å². The number of carbonyl (C=O) groups excluding carboxylic acids is 1. The molecule has 0 radical (unpaired) electrons. The molecule has 0 N–H and O–H groups in total. The molecule has 166 valence electrons. The predicted octanol–water partition coefficient (Wildman–Crippen LogP) is 2.66. The number of hydrogen-bond donors (Lipinski definition) is 0. The number of benzene rings is 2. The highest BCUT2D eigenvalue weighted by atomic mass is 19.1. The molecule has 32 heavy (non-hydrogen) atoms. The lowest BCUT2D eigenvalue weighted by molar-refractivity contribution is -0.00198. The number of aromatic nitrogens is 3. The highest BCUT2D eigenvalue weighted by Gasteiger charge is 2.31. The first-order valence-electron chi connectivity index (χ1n) is 10.6. The van der Waals surface area contributed by atoms with Gasteiger partial charge in [0.2, 0.25) is 0 Å². The van der Waals surface area contributed by atoms with E-state index in [0.29, 0.717) is 49.8 Å². The Kier molecular flexibility index (Phi) is 5.48. The lowest BCUT2D eigenvalue weighted by Crippen LogP contribution is -2.49. The van der Waals surface area contributed by atoms with Gasteiger partial charge in [0, 0.05) is 26.2 Å². The molecule has 3 aromatic rings. The molecule has 0 bridgehead atoms. The highest BCUT2D eigenvalue weighted by Crippen LogP contribution is 2.29. The van der Waals surface area contributed by atoms with Gasteiger partial charge in [0.15, 0.2) is 5.69 Å². The number of anilines is 1. The zero-order valence-corrected chi connectivity index (χ0v) is 17.8. The van der Waals surface area contributed by atoms with Crippen LogP contribution in [0.3, 0.4) is 0 Å². The molecule has 2 aliphatic rings. The SMILES string of the molecule is COc1ccc([C@H]2Cn3nnc(C(=O)N4CCN(c5ccccc5F)CC4)c3CO2)cc1. The van der Waals surface area contributed by atoms with E-state index < -0.39 is 0 Å². The molecule has 1 atom stereocenters. The maximum absolute atomic E-state index is 14.1. The second-order valence-electron chi connectivity index (χ2n) is 7.87. The summed E-state index contributed by atoms with van der Waals surface area (Å²) in [6.45, 7) is 2.87. The van der Waals surface area contributed by atoms with Crippen LogP contribution >= 0.6 is 0 Å². The summed E-state index contributed by atoms with van der Waals surface area (Å²) >= 11 is 0. The molecule has 8 nitrogen and oxygen atoms in total. The number of fused-ring (bicyclic) bond motifs is 1. The molecule has 2 aliphatic heterocycles. The first-order valence-corrected chi connectivity index (χ1v) is 10.6. The van der Waals surface area contributed by atoms with E-state index in [4.69, 9.17) is 9.47 Å². The fourth-order valence-corrected chi connectivity index (χ4v) is 4.21. The van der Waals surface area contributed by atoms with Gasteiger partial charge < -0.3 is 19.3 Å². The van der Waals surface area contributed by atoms with Crippen LogP contribution in [0.1, 0.15) is 27.8 Å². The van der Waals surface area contributed by atoms with E-state index in [1.54, 1.807) is 28.8 Å².